The fourth-order valence-corrected chi connectivity index (χ4v) is 3.09. The molecule has 6 nitrogen and oxygen atoms in total. The smallest absolute Gasteiger partial charge is 0.329 e. The highest BCUT2D eigenvalue weighted by atomic mass is 79.9. The van der Waals surface area contributed by atoms with Crippen LogP contribution in [0, 0.1) is 5.82 Å². The summed E-state index contributed by atoms with van der Waals surface area (Å²) in [7, 11) is 0. The maximum absolute atomic E-state index is 13.8. The van der Waals surface area contributed by atoms with E-state index in [1.165, 1.54) is 24.3 Å². The van der Waals surface area contributed by atoms with Gasteiger partial charge in [-0.3, -0.25) is 9.69 Å². The molecule has 2 aromatic carbocycles. The number of benzene rings is 2. The van der Waals surface area contributed by atoms with Crippen LogP contribution in [0.1, 0.15) is 18.1 Å². The lowest BCUT2D eigenvalue weighted by atomic mass is 10.1. The number of carbonyl (C=O) groups is 2. The third-order valence-corrected chi connectivity index (χ3v) is 4.38. The third-order valence-electron chi connectivity index (χ3n) is 3.92. The molecule has 0 radical (unpaired) electrons. The minimum absolute atomic E-state index is 0.0211. The number of ether oxygens (including phenoxy) is 1. The van der Waals surface area contributed by atoms with Gasteiger partial charge in [0, 0.05) is 15.6 Å². The number of halogens is 2. The lowest BCUT2D eigenvalue weighted by Gasteiger charge is -2.12. The Morgan fingerprint density at radius 3 is 2.74 bits per heavy atom. The zero-order chi connectivity index (χ0) is 19.6. The van der Waals surface area contributed by atoms with Crippen molar-refractivity contribution < 1.29 is 23.8 Å². The van der Waals surface area contributed by atoms with E-state index in [1.807, 2.05) is 0 Å². The van der Waals surface area contributed by atoms with Gasteiger partial charge in [0.05, 0.1) is 13.2 Å². The van der Waals surface area contributed by atoms with Crippen LogP contribution >= 0.6 is 15.9 Å². The van der Waals surface area contributed by atoms with Gasteiger partial charge in [0.2, 0.25) is 0 Å². The summed E-state index contributed by atoms with van der Waals surface area (Å²) in [6.45, 7) is 1.94. The normalized spacial score (nSPS) is 15.4. The summed E-state index contributed by atoms with van der Waals surface area (Å²) in [5.41, 5.74) is 0.502. The average Bonchev–Trinajstić information content (AvgIpc) is 2.88. The predicted octanol–water partition coefficient (Wildman–Crippen LogP) is 3.79. The van der Waals surface area contributed by atoms with Gasteiger partial charge in [0.25, 0.3) is 5.91 Å². The van der Waals surface area contributed by atoms with E-state index in [4.69, 9.17) is 4.74 Å². The topological polar surface area (TPSA) is 78.9 Å². The van der Waals surface area contributed by atoms with Crippen LogP contribution in [0.15, 0.2) is 46.6 Å². The van der Waals surface area contributed by atoms with Crippen molar-refractivity contribution in [1.82, 2.24) is 10.2 Å². The van der Waals surface area contributed by atoms with Gasteiger partial charge in [-0.15, -0.1) is 0 Å². The average molecular weight is 435 g/mol. The maximum atomic E-state index is 13.8. The molecule has 1 fully saturated rings. The van der Waals surface area contributed by atoms with Gasteiger partial charge in [-0.25, -0.2) is 9.18 Å². The van der Waals surface area contributed by atoms with E-state index in [-0.39, 0.29) is 29.3 Å². The van der Waals surface area contributed by atoms with Gasteiger partial charge < -0.3 is 15.2 Å². The zero-order valence-electron chi connectivity index (χ0n) is 14.3. The molecule has 27 heavy (non-hydrogen) atoms. The van der Waals surface area contributed by atoms with Crippen LogP contribution < -0.4 is 10.1 Å². The Hall–Kier alpha value is -2.87. The van der Waals surface area contributed by atoms with Gasteiger partial charge >= 0.3 is 6.03 Å². The van der Waals surface area contributed by atoms with Crippen LogP contribution in [0.3, 0.4) is 0 Å². The number of nitrogens with zero attached hydrogens (tertiary/aromatic N) is 1. The molecule has 2 aromatic rings. The highest BCUT2D eigenvalue weighted by Gasteiger charge is 2.34. The quantitative estimate of drug-likeness (QED) is 0.554. The summed E-state index contributed by atoms with van der Waals surface area (Å²) in [6.07, 6.45) is 1.35. The molecule has 0 saturated carbocycles. The summed E-state index contributed by atoms with van der Waals surface area (Å²) < 4.78 is 19.8. The number of hydrogen-bond donors (Lipinski definition) is 2. The van der Waals surface area contributed by atoms with Gasteiger partial charge in [0.15, 0.2) is 11.5 Å². The Bertz CT molecular complexity index is 945. The van der Waals surface area contributed by atoms with E-state index in [0.29, 0.717) is 16.6 Å². The summed E-state index contributed by atoms with van der Waals surface area (Å²) in [6, 6.07) is 8.45. The molecular formula is C19H16BrFN2O4. The predicted molar refractivity (Wildman–Crippen MR) is 100 cm³/mol. The highest BCUT2D eigenvalue weighted by Crippen LogP contribution is 2.35. The molecule has 3 rings (SSSR count). The number of rotatable bonds is 5. The van der Waals surface area contributed by atoms with Gasteiger partial charge in [-0.05, 0) is 31.2 Å². The molecular weight excluding hydrogens is 419 g/mol. The number of imide groups is 1. The van der Waals surface area contributed by atoms with Crippen LogP contribution in [-0.2, 0) is 11.3 Å². The van der Waals surface area contributed by atoms with E-state index in [1.54, 1.807) is 25.1 Å². The van der Waals surface area contributed by atoms with Crippen molar-refractivity contribution in [2.75, 3.05) is 6.61 Å². The molecule has 2 N–H and O–H groups in total. The molecule has 1 saturated heterocycles. The number of phenolic OH excluding ortho intramolecular Hbond substituents is 1. The Morgan fingerprint density at radius 2 is 2.04 bits per heavy atom. The molecule has 0 atom stereocenters. The fraction of sp³-hybridized carbons (Fsp3) is 0.158. The second-order valence-corrected chi connectivity index (χ2v) is 6.66. The van der Waals surface area contributed by atoms with E-state index in [0.717, 1.165) is 4.90 Å². The monoisotopic (exact) mass is 434 g/mol. The second-order valence-electron chi connectivity index (χ2n) is 5.75. The SMILES string of the molecule is CCOc1cc(Br)cc(/C=C2/NC(=O)N(Cc3ccccc3F)C2=O)c1O. The third kappa shape index (κ3) is 3.95. The standard InChI is InChI=1S/C19H16BrFN2O4/c1-2-27-16-9-13(20)7-12(17(16)24)8-15-18(25)23(19(26)22-15)10-11-5-3-4-6-14(11)21/h3-9,24H,2,10H2,1H3,(H,22,26)/b15-8+. The Labute approximate surface area is 163 Å². The maximum Gasteiger partial charge on any atom is 0.329 e. The van der Waals surface area contributed by atoms with Crippen molar-refractivity contribution in [3.63, 3.8) is 0 Å². The lowest BCUT2D eigenvalue weighted by Crippen LogP contribution is -2.30. The van der Waals surface area contributed by atoms with Crippen molar-refractivity contribution >= 4 is 33.9 Å². The van der Waals surface area contributed by atoms with Crippen LogP contribution in [0.4, 0.5) is 9.18 Å². The number of nitrogens with one attached hydrogen (secondary N) is 1. The molecule has 0 aromatic heterocycles. The van der Waals surface area contributed by atoms with Crippen molar-refractivity contribution in [3.05, 3.63) is 63.5 Å². The van der Waals surface area contributed by atoms with Crippen LogP contribution in [0.25, 0.3) is 6.08 Å². The first-order valence-electron chi connectivity index (χ1n) is 8.14. The van der Waals surface area contributed by atoms with Crippen LogP contribution in [0.2, 0.25) is 0 Å². The molecule has 1 heterocycles. The summed E-state index contributed by atoms with van der Waals surface area (Å²) in [4.78, 5) is 25.6. The van der Waals surface area contributed by atoms with Crippen LogP contribution in [-0.4, -0.2) is 28.6 Å². The Morgan fingerprint density at radius 1 is 1.30 bits per heavy atom. The van der Waals surface area contributed by atoms with Gasteiger partial charge in [-0.2, -0.15) is 0 Å². The summed E-state index contributed by atoms with van der Waals surface area (Å²) >= 11 is 3.31. The summed E-state index contributed by atoms with van der Waals surface area (Å²) in [5.74, 6) is -1.01. The van der Waals surface area contributed by atoms with Crippen LogP contribution in [0.5, 0.6) is 11.5 Å². The molecule has 1 aliphatic heterocycles. The molecule has 0 spiro atoms. The minimum Gasteiger partial charge on any atom is -0.504 e. The summed E-state index contributed by atoms with van der Waals surface area (Å²) in [5, 5.41) is 12.8. The van der Waals surface area contributed by atoms with E-state index < -0.39 is 17.8 Å². The van der Waals surface area contributed by atoms with E-state index in [2.05, 4.69) is 21.2 Å². The largest absolute Gasteiger partial charge is 0.504 e. The molecule has 0 aliphatic carbocycles. The van der Waals surface area contributed by atoms with E-state index >= 15 is 0 Å². The zero-order valence-corrected chi connectivity index (χ0v) is 15.9. The first kappa shape index (κ1) is 18.9. The Kier molecular flexibility index (Phi) is 5.46. The molecule has 3 amide bonds. The molecule has 1 aliphatic rings. The first-order chi connectivity index (χ1) is 12.9. The second kappa shape index (κ2) is 7.79. The number of aromatic hydroxyl groups is 1. The van der Waals surface area contributed by atoms with Gasteiger partial charge in [-0.1, -0.05) is 34.1 Å². The number of hydrogen-bond acceptors (Lipinski definition) is 4. The van der Waals surface area contributed by atoms with Crippen molar-refractivity contribution in [2.45, 2.75) is 13.5 Å². The molecule has 0 unspecified atom stereocenters. The van der Waals surface area contributed by atoms with E-state index in [9.17, 15) is 19.1 Å². The molecule has 0 bridgehead atoms. The fourth-order valence-electron chi connectivity index (χ4n) is 2.64. The minimum atomic E-state index is -0.658. The van der Waals surface area contributed by atoms with Crippen molar-refractivity contribution in [3.8, 4) is 11.5 Å². The molecule has 140 valence electrons. The number of phenols is 1. The highest BCUT2D eigenvalue weighted by molar-refractivity contribution is 9.10. The number of carbonyl (C=O) groups excluding carboxylic acids is 2. The lowest BCUT2D eigenvalue weighted by molar-refractivity contribution is -0.123. The van der Waals surface area contributed by atoms with Crippen molar-refractivity contribution in [2.24, 2.45) is 0 Å². The van der Waals surface area contributed by atoms with Gasteiger partial charge in [0.1, 0.15) is 11.5 Å². The molecule has 8 heteroatoms. The van der Waals surface area contributed by atoms with Crippen molar-refractivity contribution in [1.29, 1.82) is 0 Å². The number of urea groups is 1. The first-order valence-corrected chi connectivity index (χ1v) is 8.93. The Balaban J connectivity index is 1.90. The number of amides is 3.